The van der Waals surface area contributed by atoms with Crippen LogP contribution in [0, 0.1) is 0 Å². The number of aromatic hydroxyl groups is 1. The summed E-state index contributed by atoms with van der Waals surface area (Å²) in [6, 6.07) is 11.5. The number of carboxylic acids is 1. The summed E-state index contributed by atoms with van der Waals surface area (Å²) >= 11 is 0. The average molecular weight is 399 g/mol. The van der Waals surface area contributed by atoms with Crippen molar-refractivity contribution < 1.29 is 24.6 Å². The van der Waals surface area contributed by atoms with Gasteiger partial charge in [-0.25, -0.2) is 4.79 Å². The molecule has 8 heteroatoms. The van der Waals surface area contributed by atoms with Gasteiger partial charge >= 0.3 is 5.97 Å². The second-order valence-corrected chi connectivity index (χ2v) is 6.50. The SMILES string of the molecule is CCCNCC(NC(=O)c1ccc(CNC(=O)c2cccc(O)c2)cc1)C(=O)O. The summed E-state index contributed by atoms with van der Waals surface area (Å²) in [7, 11) is 0. The van der Waals surface area contributed by atoms with E-state index in [9.17, 15) is 24.6 Å². The topological polar surface area (TPSA) is 128 Å². The van der Waals surface area contributed by atoms with Gasteiger partial charge in [0, 0.05) is 24.2 Å². The molecule has 8 nitrogen and oxygen atoms in total. The maximum Gasteiger partial charge on any atom is 0.327 e. The van der Waals surface area contributed by atoms with E-state index in [4.69, 9.17) is 0 Å². The van der Waals surface area contributed by atoms with Crippen molar-refractivity contribution in [2.45, 2.75) is 25.9 Å². The molecule has 29 heavy (non-hydrogen) atoms. The van der Waals surface area contributed by atoms with Gasteiger partial charge in [-0.1, -0.05) is 25.1 Å². The molecule has 0 spiro atoms. The predicted molar refractivity (Wildman–Crippen MR) is 108 cm³/mol. The van der Waals surface area contributed by atoms with Crippen LogP contribution in [-0.2, 0) is 11.3 Å². The summed E-state index contributed by atoms with van der Waals surface area (Å²) in [5.74, 6) is -1.90. The zero-order chi connectivity index (χ0) is 21.2. The van der Waals surface area contributed by atoms with Crippen LogP contribution in [0.1, 0.15) is 39.6 Å². The number of phenols is 1. The molecule has 0 saturated heterocycles. The first-order chi connectivity index (χ1) is 13.9. The third-order valence-electron chi connectivity index (χ3n) is 4.16. The number of hydrogen-bond acceptors (Lipinski definition) is 5. The van der Waals surface area contributed by atoms with Gasteiger partial charge in [0.1, 0.15) is 11.8 Å². The number of amides is 2. The van der Waals surface area contributed by atoms with Crippen molar-refractivity contribution in [2.75, 3.05) is 13.1 Å². The van der Waals surface area contributed by atoms with Gasteiger partial charge < -0.3 is 26.2 Å². The van der Waals surface area contributed by atoms with Crippen molar-refractivity contribution in [3.8, 4) is 5.75 Å². The summed E-state index contributed by atoms with van der Waals surface area (Å²) in [5, 5.41) is 26.9. The van der Waals surface area contributed by atoms with Crippen LogP contribution in [0.2, 0.25) is 0 Å². The van der Waals surface area contributed by atoms with Crippen LogP contribution in [0.15, 0.2) is 48.5 Å². The number of phenolic OH excluding ortho intramolecular Hbond substituents is 1. The first-order valence-electron chi connectivity index (χ1n) is 9.31. The molecular formula is C21H25N3O5. The molecule has 0 bridgehead atoms. The summed E-state index contributed by atoms with van der Waals surface area (Å²) in [6.07, 6.45) is 0.865. The Morgan fingerprint density at radius 2 is 1.72 bits per heavy atom. The summed E-state index contributed by atoms with van der Waals surface area (Å²) in [6.45, 7) is 3.03. The number of nitrogens with one attached hydrogen (secondary N) is 3. The highest BCUT2D eigenvalue weighted by Gasteiger charge is 2.20. The second-order valence-electron chi connectivity index (χ2n) is 6.50. The van der Waals surface area contributed by atoms with E-state index in [1.54, 1.807) is 36.4 Å². The highest BCUT2D eigenvalue weighted by molar-refractivity contribution is 5.97. The Labute approximate surface area is 168 Å². The van der Waals surface area contributed by atoms with Crippen molar-refractivity contribution in [3.63, 3.8) is 0 Å². The molecule has 1 atom stereocenters. The Morgan fingerprint density at radius 3 is 2.34 bits per heavy atom. The summed E-state index contributed by atoms with van der Waals surface area (Å²) in [4.78, 5) is 35.7. The molecule has 5 N–H and O–H groups in total. The number of rotatable bonds is 10. The third-order valence-corrected chi connectivity index (χ3v) is 4.16. The van der Waals surface area contributed by atoms with Gasteiger partial charge in [-0.15, -0.1) is 0 Å². The van der Waals surface area contributed by atoms with Gasteiger partial charge in [-0.05, 0) is 48.9 Å². The molecule has 154 valence electrons. The van der Waals surface area contributed by atoms with Crippen molar-refractivity contribution in [3.05, 3.63) is 65.2 Å². The molecule has 0 aliphatic rings. The van der Waals surface area contributed by atoms with Gasteiger partial charge in [0.15, 0.2) is 0 Å². The first kappa shape index (κ1) is 21.9. The smallest absolute Gasteiger partial charge is 0.327 e. The van der Waals surface area contributed by atoms with Crippen LogP contribution in [0.25, 0.3) is 0 Å². The fourth-order valence-corrected chi connectivity index (χ4v) is 2.57. The Hall–Kier alpha value is -3.39. The fourth-order valence-electron chi connectivity index (χ4n) is 2.57. The minimum absolute atomic E-state index is 0.0116. The Balaban J connectivity index is 1.90. The molecule has 1 unspecified atom stereocenters. The number of carboxylic acid groups (broad SMARTS) is 1. The van der Waals surface area contributed by atoms with Crippen molar-refractivity contribution >= 4 is 17.8 Å². The second kappa shape index (κ2) is 10.8. The lowest BCUT2D eigenvalue weighted by molar-refractivity contribution is -0.139. The fraction of sp³-hybridized carbons (Fsp3) is 0.286. The molecule has 0 fully saturated rings. The average Bonchev–Trinajstić information content (AvgIpc) is 2.71. The molecule has 2 aromatic rings. The minimum atomic E-state index is -1.10. The van der Waals surface area contributed by atoms with E-state index in [0.717, 1.165) is 12.0 Å². The molecule has 2 aromatic carbocycles. The van der Waals surface area contributed by atoms with Gasteiger partial charge in [-0.3, -0.25) is 9.59 Å². The van der Waals surface area contributed by atoms with Gasteiger partial charge in [0.25, 0.3) is 11.8 Å². The van der Waals surface area contributed by atoms with Crippen LogP contribution in [-0.4, -0.2) is 47.1 Å². The maximum atomic E-state index is 12.3. The van der Waals surface area contributed by atoms with Gasteiger partial charge in [0.05, 0.1) is 0 Å². The summed E-state index contributed by atoms with van der Waals surface area (Å²) in [5.41, 5.74) is 1.45. The van der Waals surface area contributed by atoms with Gasteiger partial charge in [-0.2, -0.15) is 0 Å². The van der Waals surface area contributed by atoms with Crippen molar-refractivity contribution in [1.29, 1.82) is 0 Å². The first-order valence-corrected chi connectivity index (χ1v) is 9.31. The van der Waals surface area contributed by atoms with Gasteiger partial charge in [0.2, 0.25) is 0 Å². The molecule has 2 rings (SSSR count). The Kier molecular flexibility index (Phi) is 8.17. The Morgan fingerprint density at radius 1 is 1.00 bits per heavy atom. The molecule has 0 aliphatic heterocycles. The van der Waals surface area contributed by atoms with Crippen LogP contribution in [0.5, 0.6) is 5.75 Å². The zero-order valence-electron chi connectivity index (χ0n) is 16.1. The highest BCUT2D eigenvalue weighted by atomic mass is 16.4. The van der Waals surface area contributed by atoms with E-state index in [1.807, 2.05) is 6.92 Å². The summed E-state index contributed by atoms with van der Waals surface area (Å²) < 4.78 is 0. The standard InChI is InChI=1S/C21H25N3O5/c1-2-10-22-13-18(21(28)29)24-20(27)15-8-6-14(7-9-15)12-23-19(26)16-4-3-5-17(25)11-16/h3-9,11,18,22,25H,2,10,12-13H2,1H3,(H,23,26)(H,24,27)(H,28,29). The third kappa shape index (κ3) is 6.93. The van der Waals surface area contributed by atoms with E-state index in [-0.39, 0.29) is 24.7 Å². The molecule has 0 saturated carbocycles. The quantitative estimate of drug-likeness (QED) is 0.385. The lowest BCUT2D eigenvalue weighted by Gasteiger charge is -2.15. The van der Waals surface area contributed by atoms with Crippen molar-refractivity contribution in [1.82, 2.24) is 16.0 Å². The Bertz CT molecular complexity index is 852. The van der Waals surface area contributed by atoms with E-state index in [2.05, 4.69) is 16.0 Å². The van der Waals surface area contributed by atoms with E-state index >= 15 is 0 Å². The van der Waals surface area contributed by atoms with Crippen LogP contribution < -0.4 is 16.0 Å². The zero-order valence-corrected chi connectivity index (χ0v) is 16.1. The normalized spacial score (nSPS) is 11.5. The molecule has 0 radical (unpaired) electrons. The number of hydrogen-bond donors (Lipinski definition) is 5. The molecule has 2 amide bonds. The minimum Gasteiger partial charge on any atom is -0.508 e. The van der Waals surface area contributed by atoms with E-state index in [1.165, 1.54) is 12.1 Å². The van der Waals surface area contributed by atoms with Crippen LogP contribution >= 0.6 is 0 Å². The lowest BCUT2D eigenvalue weighted by atomic mass is 10.1. The largest absolute Gasteiger partial charge is 0.508 e. The predicted octanol–water partition coefficient (Wildman–Crippen LogP) is 1.50. The highest BCUT2D eigenvalue weighted by Crippen LogP contribution is 2.11. The van der Waals surface area contributed by atoms with Crippen molar-refractivity contribution in [2.24, 2.45) is 0 Å². The molecule has 0 aromatic heterocycles. The maximum absolute atomic E-state index is 12.3. The van der Waals surface area contributed by atoms with Crippen LogP contribution in [0.4, 0.5) is 0 Å². The number of benzene rings is 2. The van der Waals surface area contributed by atoms with E-state index < -0.39 is 17.9 Å². The molecule has 0 aliphatic carbocycles. The lowest BCUT2D eigenvalue weighted by Crippen LogP contribution is -2.47. The monoisotopic (exact) mass is 399 g/mol. The van der Waals surface area contributed by atoms with Crippen LogP contribution in [0.3, 0.4) is 0 Å². The number of aliphatic carboxylic acids is 1. The molecule has 0 heterocycles. The van der Waals surface area contributed by atoms with E-state index in [0.29, 0.717) is 17.7 Å². The number of carbonyl (C=O) groups excluding carboxylic acids is 2. The molecular weight excluding hydrogens is 374 g/mol. The number of carbonyl (C=O) groups is 3.